The monoisotopic (exact) mass is 552 g/mol. The van der Waals surface area contributed by atoms with E-state index < -0.39 is 5.82 Å². The lowest BCUT2D eigenvalue weighted by Crippen LogP contribution is -2.46. The summed E-state index contributed by atoms with van der Waals surface area (Å²) in [5.41, 5.74) is 3.01. The summed E-state index contributed by atoms with van der Waals surface area (Å²) >= 11 is 1.49. The van der Waals surface area contributed by atoms with Gasteiger partial charge in [0.25, 0.3) is 0 Å². The quantitative estimate of drug-likeness (QED) is 0.490. The van der Waals surface area contributed by atoms with Crippen LogP contribution in [0.5, 0.6) is 5.88 Å². The van der Waals surface area contributed by atoms with E-state index in [9.17, 15) is 14.0 Å². The van der Waals surface area contributed by atoms with Gasteiger partial charge in [0.1, 0.15) is 17.3 Å². The zero-order valence-electron chi connectivity index (χ0n) is 21.7. The molecule has 204 valence electrons. The van der Waals surface area contributed by atoms with Crippen LogP contribution in [-0.2, 0) is 9.53 Å². The number of nitrogens with one attached hydrogen (secondary N) is 1. The highest BCUT2D eigenvalue weighted by Crippen LogP contribution is 2.36. The lowest BCUT2D eigenvalue weighted by Gasteiger charge is -2.38. The van der Waals surface area contributed by atoms with E-state index in [2.05, 4.69) is 20.2 Å². The van der Waals surface area contributed by atoms with Crippen LogP contribution in [0.2, 0.25) is 0 Å². The maximum Gasteiger partial charge on any atom is 0.414 e. The fourth-order valence-electron chi connectivity index (χ4n) is 5.49. The van der Waals surface area contributed by atoms with Crippen LogP contribution in [0.25, 0.3) is 11.0 Å². The number of carbonyl (C=O) groups excluding carboxylic acids is 2. The minimum Gasteiger partial charge on any atom is -0.481 e. The summed E-state index contributed by atoms with van der Waals surface area (Å²) in [6.07, 6.45) is 2.24. The number of thioether (sulfide) groups is 1. The van der Waals surface area contributed by atoms with Crippen LogP contribution in [0, 0.1) is 5.82 Å². The second-order valence-corrected chi connectivity index (χ2v) is 11.0. The molecule has 2 aromatic heterocycles. The van der Waals surface area contributed by atoms with Crippen molar-refractivity contribution in [3.05, 3.63) is 42.3 Å². The molecule has 2 amide bonds. The molecule has 1 atom stereocenters. The average molecular weight is 553 g/mol. The number of hydrogen-bond donors (Lipinski definition) is 1. The van der Waals surface area contributed by atoms with Crippen molar-refractivity contribution in [3.63, 3.8) is 0 Å². The molecule has 2 fully saturated rings. The van der Waals surface area contributed by atoms with E-state index in [4.69, 9.17) is 9.47 Å². The molecule has 0 aliphatic carbocycles. The van der Waals surface area contributed by atoms with Gasteiger partial charge < -0.3 is 19.7 Å². The Hall–Kier alpha value is -3.64. The molecule has 3 aliphatic heterocycles. The van der Waals surface area contributed by atoms with Gasteiger partial charge in [0.15, 0.2) is 5.82 Å². The zero-order chi connectivity index (χ0) is 27.1. The van der Waals surface area contributed by atoms with Crippen LogP contribution in [0.1, 0.15) is 12.8 Å². The summed E-state index contributed by atoms with van der Waals surface area (Å²) in [5.74, 6) is 0.374. The first-order valence-corrected chi connectivity index (χ1v) is 13.9. The number of hydrogen-bond acceptors (Lipinski definition) is 9. The number of aromatic nitrogens is 2. The number of amides is 2. The third-order valence-corrected chi connectivity index (χ3v) is 8.58. The molecule has 0 saturated carbocycles. The molecule has 12 heteroatoms. The molecule has 0 bridgehead atoms. The number of benzene rings is 1. The van der Waals surface area contributed by atoms with Crippen molar-refractivity contribution in [1.29, 1.82) is 0 Å². The maximum atomic E-state index is 14.9. The first-order valence-electron chi connectivity index (χ1n) is 12.9. The fraction of sp³-hybridized carbons (Fsp3) is 0.407. The Morgan fingerprint density at radius 3 is 2.85 bits per heavy atom. The van der Waals surface area contributed by atoms with Gasteiger partial charge in [-0.1, -0.05) is 0 Å². The van der Waals surface area contributed by atoms with E-state index in [0.717, 1.165) is 23.4 Å². The number of halogens is 1. The highest BCUT2D eigenvalue weighted by molar-refractivity contribution is 8.00. The van der Waals surface area contributed by atoms with Gasteiger partial charge in [0, 0.05) is 42.3 Å². The highest BCUT2D eigenvalue weighted by Gasteiger charge is 2.35. The van der Waals surface area contributed by atoms with Crippen molar-refractivity contribution in [2.75, 3.05) is 61.2 Å². The van der Waals surface area contributed by atoms with Crippen molar-refractivity contribution in [2.24, 2.45) is 0 Å². The van der Waals surface area contributed by atoms with E-state index in [1.54, 1.807) is 17.0 Å². The molecule has 0 radical (unpaired) electrons. The summed E-state index contributed by atoms with van der Waals surface area (Å²) in [4.78, 5) is 40.0. The van der Waals surface area contributed by atoms with Gasteiger partial charge in [0.2, 0.25) is 11.8 Å². The number of methoxy groups -OCH3 is 1. The number of ether oxygens (including phenoxy) is 2. The summed E-state index contributed by atoms with van der Waals surface area (Å²) in [7, 11) is 3.57. The normalized spacial score (nSPS) is 19.8. The lowest BCUT2D eigenvalue weighted by atomic mass is 10.0. The van der Waals surface area contributed by atoms with Crippen LogP contribution in [0.3, 0.4) is 0 Å². The number of rotatable bonds is 6. The Balaban J connectivity index is 1.08. The zero-order valence-corrected chi connectivity index (χ0v) is 22.5. The summed E-state index contributed by atoms with van der Waals surface area (Å²) in [5, 5.41) is 2.87. The SMILES string of the molecule is COc1ccc2ncc(F)c(N3CCC(N(C)CC4CN(c5ccc6c(c5)NC(=O)CS6)C(=O)O4)CC3)c2n1. The van der Waals surface area contributed by atoms with E-state index in [-0.39, 0.29) is 24.1 Å². The molecule has 0 spiro atoms. The van der Waals surface area contributed by atoms with Crippen LogP contribution < -0.4 is 19.9 Å². The summed E-state index contributed by atoms with van der Waals surface area (Å²) < 4.78 is 25.9. The topological polar surface area (TPSA) is 100 Å². The Morgan fingerprint density at radius 1 is 1.23 bits per heavy atom. The van der Waals surface area contributed by atoms with E-state index in [1.807, 2.05) is 30.1 Å². The first kappa shape index (κ1) is 25.6. The molecule has 5 heterocycles. The van der Waals surface area contributed by atoms with Crippen LogP contribution in [0.15, 0.2) is 41.4 Å². The standard InChI is InChI=1S/C27H29FN6O4S/c1-32(13-18-14-34(27(36)38-18)17-3-5-22-21(11-17)30-23(35)15-39-22)16-7-9-33(10-8-16)26-19(28)12-29-20-4-6-24(37-2)31-25(20)26/h3-6,11-12,16,18H,7-10,13-15H2,1-2H3,(H,30,35). The summed E-state index contributed by atoms with van der Waals surface area (Å²) in [6.45, 7) is 2.36. The molecule has 1 aromatic carbocycles. The van der Waals surface area contributed by atoms with E-state index in [0.29, 0.717) is 60.2 Å². The molecule has 10 nitrogen and oxygen atoms in total. The van der Waals surface area contributed by atoms with Gasteiger partial charge in [-0.3, -0.25) is 19.6 Å². The number of cyclic esters (lactones) is 1. The molecule has 2 saturated heterocycles. The smallest absolute Gasteiger partial charge is 0.414 e. The van der Waals surface area contributed by atoms with Crippen LogP contribution >= 0.6 is 11.8 Å². The van der Waals surface area contributed by atoms with Crippen molar-refractivity contribution in [2.45, 2.75) is 29.9 Å². The molecular formula is C27H29FN6O4S. The van der Waals surface area contributed by atoms with Gasteiger partial charge in [0.05, 0.1) is 36.8 Å². The second-order valence-electron chi connectivity index (χ2n) is 9.97. The van der Waals surface area contributed by atoms with Crippen LogP contribution in [0.4, 0.5) is 26.2 Å². The maximum absolute atomic E-state index is 14.9. The van der Waals surface area contributed by atoms with Gasteiger partial charge in [-0.2, -0.15) is 0 Å². The molecular weight excluding hydrogens is 523 g/mol. The van der Waals surface area contributed by atoms with E-state index >= 15 is 0 Å². The minimum atomic E-state index is -0.395. The van der Waals surface area contributed by atoms with Gasteiger partial charge >= 0.3 is 6.09 Å². The molecule has 3 aliphatic rings. The molecule has 3 aromatic rings. The average Bonchev–Trinajstić information content (AvgIpc) is 3.31. The first-order chi connectivity index (χ1) is 18.9. The number of pyridine rings is 2. The second kappa shape index (κ2) is 10.5. The van der Waals surface area contributed by atoms with Gasteiger partial charge in [-0.05, 0) is 44.2 Å². The van der Waals surface area contributed by atoms with Crippen molar-refractivity contribution in [1.82, 2.24) is 14.9 Å². The number of nitrogens with zero attached hydrogens (tertiary/aromatic N) is 5. The molecule has 6 rings (SSSR count). The number of carbonyl (C=O) groups is 2. The fourth-order valence-corrected chi connectivity index (χ4v) is 6.28. The van der Waals surface area contributed by atoms with E-state index in [1.165, 1.54) is 25.1 Å². The number of anilines is 3. The minimum absolute atomic E-state index is 0.0463. The largest absolute Gasteiger partial charge is 0.481 e. The van der Waals surface area contributed by atoms with Crippen molar-refractivity contribution < 1.29 is 23.5 Å². The third kappa shape index (κ3) is 5.06. The van der Waals surface area contributed by atoms with Crippen molar-refractivity contribution >= 4 is 51.9 Å². The third-order valence-electron chi connectivity index (χ3n) is 7.50. The molecule has 39 heavy (non-hydrogen) atoms. The highest BCUT2D eigenvalue weighted by atomic mass is 32.2. The predicted molar refractivity (Wildman–Crippen MR) is 147 cm³/mol. The molecule has 1 N–H and O–H groups in total. The predicted octanol–water partition coefficient (Wildman–Crippen LogP) is 3.75. The Bertz CT molecular complexity index is 1430. The summed E-state index contributed by atoms with van der Waals surface area (Å²) in [6, 6.07) is 9.42. The molecule has 1 unspecified atom stereocenters. The Kier molecular flexibility index (Phi) is 6.90. The Morgan fingerprint density at radius 2 is 2.05 bits per heavy atom. The number of likely N-dealkylation sites (N-methyl/N-ethyl adjacent to an activating group) is 1. The lowest BCUT2D eigenvalue weighted by molar-refractivity contribution is -0.113. The van der Waals surface area contributed by atoms with Crippen molar-refractivity contribution in [3.8, 4) is 5.88 Å². The van der Waals surface area contributed by atoms with Gasteiger partial charge in [-0.25, -0.2) is 14.2 Å². The number of piperidine rings is 1. The Labute approximate surface area is 229 Å². The van der Waals surface area contributed by atoms with Gasteiger partial charge in [-0.15, -0.1) is 11.8 Å². The van der Waals surface area contributed by atoms with Crippen LogP contribution in [-0.4, -0.2) is 85.1 Å². The number of fused-ring (bicyclic) bond motifs is 2.